The first-order valence-electron chi connectivity index (χ1n) is 8.02. The molecule has 0 aliphatic carbocycles. The van der Waals surface area contributed by atoms with E-state index in [0.717, 1.165) is 5.56 Å². The molecule has 0 saturated heterocycles. The Kier molecular flexibility index (Phi) is 4.88. The van der Waals surface area contributed by atoms with Crippen molar-refractivity contribution in [3.05, 3.63) is 65.7 Å². The van der Waals surface area contributed by atoms with Gasteiger partial charge in [0.2, 0.25) is 0 Å². The summed E-state index contributed by atoms with van der Waals surface area (Å²) in [6.07, 6.45) is -0.535. The molecule has 25 heavy (non-hydrogen) atoms. The molecule has 130 valence electrons. The fraction of sp³-hybridized carbons (Fsp3) is 0.263. The number of benzene rings is 2. The molecule has 0 bridgehead atoms. The fourth-order valence-corrected chi connectivity index (χ4v) is 3.03. The molecule has 3 rings (SSSR count). The van der Waals surface area contributed by atoms with E-state index in [9.17, 15) is 14.7 Å². The van der Waals surface area contributed by atoms with Crippen LogP contribution in [0.2, 0.25) is 0 Å². The summed E-state index contributed by atoms with van der Waals surface area (Å²) in [7, 11) is 0. The third-order valence-electron chi connectivity index (χ3n) is 4.20. The van der Waals surface area contributed by atoms with Gasteiger partial charge in [-0.25, -0.2) is 4.79 Å². The number of carbonyl (C=O) groups is 2. The van der Waals surface area contributed by atoms with Crippen molar-refractivity contribution in [2.45, 2.75) is 25.0 Å². The van der Waals surface area contributed by atoms with Crippen LogP contribution in [0.25, 0.3) is 0 Å². The zero-order chi connectivity index (χ0) is 17.7. The lowest BCUT2D eigenvalue weighted by Crippen LogP contribution is -2.50. The summed E-state index contributed by atoms with van der Waals surface area (Å²) in [5, 5.41) is 12.1. The highest BCUT2D eigenvalue weighted by atomic mass is 16.5. The molecule has 1 amide bonds. The van der Waals surface area contributed by atoms with Gasteiger partial charge in [0.15, 0.2) is 0 Å². The molecule has 0 aromatic heterocycles. The van der Waals surface area contributed by atoms with Gasteiger partial charge < -0.3 is 19.9 Å². The molecular formula is C19H19NO5. The van der Waals surface area contributed by atoms with Gasteiger partial charge in [0.1, 0.15) is 12.4 Å². The molecule has 2 aromatic rings. The number of para-hydroxylation sites is 1. The molecule has 1 aliphatic rings. The third kappa shape index (κ3) is 3.91. The van der Waals surface area contributed by atoms with Gasteiger partial charge in [0, 0.05) is 12.0 Å². The van der Waals surface area contributed by atoms with E-state index >= 15 is 0 Å². The van der Waals surface area contributed by atoms with Crippen molar-refractivity contribution in [2.75, 3.05) is 6.61 Å². The fourth-order valence-electron chi connectivity index (χ4n) is 3.03. The van der Waals surface area contributed by atoms with E-state index in [0.29, 0.717) is 24.3 Å². The number of carbonyl (C=O) groups excluding carboxylic acids is 1. The number of fused-ring (bicyclic) bond motifs is 1. The van der Waals surface area contributed by atoms with Gasteiger partial charge in [-0.1, -0.05) is 48.5 Å². The Labute approximate surface area is 145 Å². The van der Waals surface area contributed by atoms with Crippen molar-refractivity contribution < 1.29 is 24.2 Å². The number of alkyl carbamates (subject to hydrolysis) is 1. The van der Waals surface area contributed by atoms with Crippen LogP contribution in [0.3, 0.4) is 0 Å². The Bertz CT molecular complexity index is 761. The predicted molar refractivity (Wildman–Crippen MR) is 90.2 cm³/mol. The summed E-state index contributed by atoms with van der Waals surface area (Å²) in [6.45, 7) is 0.442. The first-order valence-corrected chi connectivity index (χ1v) is 8.02. The Morgan fingerprint density at radius 2 is 1.84 bits per heavy atom. The number of carboxylic acids is 1. The molecular weight excluding hydrogens is 322 g/mol. The average Bonchev–Trinajstić information content (AvgIpc) is 2.61. The van der Waals surface area contributed by atoms with E-state index in [4.69, 9.17) is 9.47 Å². The van der Waals surface area contributed by atoms with Gasteiger partial charge in [0.25, 0.3) is 0 Å². The van der Waals surface area contributed by atoms with E-state index in [1.54, 1.807) is 18.2 Å². The van der Waals surface area contributed by atoms with Gasteiger partial charge in [-0.3, -0.25) is 4.79 Å². The van der Waals surface area contributed by atoms with Crippen LogP contribution >= 0.6 is 0 Å². The minimum atomic E-state index is -1.05. The highest BCUT2D eigenvalue weighted by Crippen LogP contribution is 2.39. The van der Waals surface area contributed by atoms with E-state index in [-0.39, 0.29) is 13.0 Å². The zero-order valence-electron chi connectivity index (χ0n) is 13.6. The van der Waals surface area contributed by atoms with Crippen LogP contribution in [0.5, 0.6) is 5.75 Å². The predicted octanol–water partition coefficient (Wildman–Crippen LogP) is 3.07. The highest BCUT2D eigenvalue weighted by Gasteiger charge is 2.41. The number of aliphatic carboxylic acids is 1. The molecule has 0 fully saturated rings. The number of ether oxygens (including phenoxy) is 2. The van der Waals surface area contributed by atoms with Gasteiger partial charge in [-0.05, 0) is 11.6 Å². The molecule has 6 heteroatoms. The van der Waals surface area contributed by atoms with E-state index in [2.05, 4.69) is 5.32 Å². The maximum absolute atomic E-state index is 12.3. The number of nitrogens with one attached hydrogen (secondary N) is 1. The summed E-state index contributed by atoms with van der Waals surface area (Å²) in [5.74, 6) is -0.418. The van der Waals surface area contributed by atoms with Gasteiger partial charge >= 0.3 is 12.1 Å². The lowest BCUT2D eigenvalue weighted by atomic mass is 9.81. The summed E-state index contributed by atoms with van der Waals surface area (Å²) in [5.41, 5.74) is 0.465. The largest absolute Gasteiger partial charge is 0.493 e. The third-order valence-corrected chi connectivity index (χ3v) is 4.20. The molecule has 1 unspecified atom stereocenters. The Balaban J connectivity index is 1.78. The molecule has 0 radical (unpaired) electrons. The number of rotatable bonds is 5. The normalized spacial score (nSPS) is 18.6. The summed E-state index contributed by atoms with van der Waals surface area (Å²) in [4.78, 5) is 23.7. The van der Waals surface area contributed by atoms with E-state index < -0.39 is 17.6 Å². The summed E-state index contributed by atoms with van der Waals surface area (Å²) in [6, 6.07) is 16.4. The molecule has 1 atom stereocenters. The minimum Gasteiger partial charge on any atom is -0.493 e. The monoisotopic (exact) mass is 341 g/mol. The second-order valence-electron chi connectivity index (χ2n) is 5.93. The van der Waals surface area contributed by atoms with Crippen molar-refractivity contribution in [3.8, 4) is 5.75 Å². The van der Waals surface area contributed by atoms with Crippen molar-refractivity contribution in [1.82, 2.24) is 5.32 Å². The zero-order valence-corrected chi connectivity index (χ0v) is 13.6. The Morgan fingerprint density at radius 3 is 2.60 bits per heavy atom. The number of hydrogen-bond donors (Lipinski definition) is 2. The molecule has 0 spiro atoms. The number of amides is 1. The Hall–Kier alpha value is -3.02. The topological polar surface area (TPSA) is 84.9 Å². The van der Waals surface area contributed by atoms with E-state index in [1.807, 2.05) is 36.4 Å². The van der Waals surface area contributed by atoms with Crippen LogP contribution in [-0.4, -0.2) is 23.8 Å². The molecule has 2 aromatic carbocycles. The van der Waals surface area contributed by atoms with Crippen molar-refractivity contribution in [2.24, 2.45) is 0 Å². The second-order valence-corrected chi connectivity index (χ2v) is 5.93. The minimum absolute atomic E-state index is 0.119. The molecule has 1 aliphatic heterocycles. The van der Waals surface area contributed by atoms with Crippen LogP contribution in [0.4, 0.5) is 4.79 Å². The van der Waals surface area contributed by atoms with Crippen LogP contribution < -0.4 is 10.1 Å². The first-order chi connectivity index (χ1) is 12.1. The average molecular weight is 341 g/mol. The number of carboxylic acid groups (broad SMARTS) is 1. The number of hydrogen-bond acceptors (Lipinski definition) is 4. The first kappa shape index (κ1) is 16.8. The SMILES string of the molecule is O=C(O)CC1(NC(=O)OCc2ccccc2)CCOc2ccccc21. The van der Waals surface area contributed by atoms with Crippen molar-refractivity contribution >= 4 is 12.1 Å². The maximum atomic E-state index is 12.3. The van der Waals surface area contributed by atoms with Gasteiger partial charge in [-0.2, -0.15) is 0 Å². The Morgan fingerprint density at radius 1 is 1.12 bits per heavy atom. The van der Waals surface area contributed by atoms with Gasteiger partial charge in [-0.15, -0.1) is 0 Å². The molecule has 6 nitrogen and oxygen atoms in total. The summed E-state index contributed by atoms with van der Waals surface area (Å²) >= 11 is 0. The molecule has 2 N–H and O–H groups in total. The second kappa shape index (κ2) is 7.25. The van der Waals surface area contributed by atoms with Crippen LogP contribution in [0.15, 0.2) is 54.6 Å². The molecule has 0 saturated carbocycles. The highest BCUT2D eigenvalue weighted by molar-refractivity contribution is 5.74. The smallest absolute Gasteiger partial charge is 0.408 e. The molecule has 1 heterocycles. The van der Waals surface area contributed by atoms with Crippen LogP contribution in [0, 0.1) is 0 Å². The van der Waals surface area contributed by atoms with Crippen LogP contribution in [-0.2, 0) is 21.7 Å². The quantitative estimate of drug-likeness (QED) is 0.873. The lowest BCUT2D eigenvalue weighted by molar-refractivity contribution is -0.139. The lowest BCUT2D eigenvalue weighted by Gasteiger charge is -2.38. The maximum Gasteiger partial charge on any atom is 0.408 e. The van der Waals surface area contributed by atoms with E-state index in [1.165, 1.54) is 0 Å². The standard InChI is InChI=1S/C19H19NO5/c21-17(22)12-19(10-11-24-16-9-5-4-8-15(16)19)20-18(23)25-13-14-6-2-1-3-7-14/h1-9H,10-13H2,(H,20,23)(H,21,22). The van der Waals surface area contributed by atoms with Gasteiger partial charge in [0.05, 0.1) is 18.6 Å². The van der Waals surface area contributed by atoms with Crippen molar-refractivity contribution in [3.63, 3.8) is 0 Å². The van der Waals surface area contributed by atoms with Crippen LogP contribution in [0.1, 0.15) is 24.0 Å². The van der Waals surface area contributed by atoms with Crippen molar-refractivity contribution in [1.29, 1.82) is 0 Å². The summed E-state index contributed by atoms with van der Waals surface area (Å²) < 4.78 is 10.9.